The molecular weight excluding hydrogens is 444 g/mol. The van der Waals surface area contributed by atoms with Gasteiger partial charge in [0, 0.05) is 28.9 Å². The summed E-state index contributed by atoms with van der Waals surface area (Å²) in [6, 6.07) is 14.9. The summed E-state index contributed by atoms with van der Waals surface area (Å²) in [5, 5.41) is 2.73. The standard InChI is InChI=1S/C24H24N2O4S2/c1-29-19-8-6-7-17(13-19)23-25-18(15-32-23)14-30-24(28)20-9-2-3-10-21(20)31-16-22(27)26-11-4-5-12-26/h2-3,6-10,13,15H,4-5,11-12,14,16H2,1H3. The molecule has 0 aliphatic carbocycles. The Bertz CT molecular complexity index is 1090. The van der Waals surface area contributed by atoms with Gasteiger partial charge in [-0.25, -0.2) is 9.78 Å². The first-order valence-electron chi connectivity index (χ1n) is 10.4. The first-order valence-corrected chi connectivity index (χ1v) is 12.3. The van der Waals surface area contributed by atoms with Gasteiger partial charge >= 0.3 is 5.97 Å². The Morgan fingerprint density at radius 3 is 2.75 bits per heavy atom. The Morgan fingerprint density at radius 1 is 1.12 bits per heavy atom. The molecule has 2 aromatic carbocycles. The minimum atomic E-state index is -0.419. The molecule has 1 saturated heterocycles. The molecule has 1 amide bonds. The number of hydrogen-bond donors (Lipinski definition) is 0. The quantitative estimate of drug-likeness (QED) is 0.346. The zero-order valence-corrected chi connectivity index (χ0v) is 19.4. The Balaban J connectivity index is 1.36. The SMILES string of the molecule is COc1cccc(-c2nc(COC(=O)c3ccccc3SCC(=O)N3CCCC3)cs2)c1. The number of nitrogens with zero attached hydrogens (tertiary/aromatic N) is 2. The second kappa shape index (κ2) is 10.7. The number of ether oxygens (including phenoxy) is 2. The Hall–Kier alpha value is -2.84. The number of hydrogen-bond acceptors (Lipinski definition) is 7. The maximum Gasteiger partial charge on any atom is 0.339 e. The van der Waals surface area contributed by atoms with Gasteiger partial charge in [0.15, 0.2) is 0 Å². The van der Waals surface area contributed by atoms with Gasteiger partial charge in [0.05, 0.1) is 24.1 Å². The molecule has 0 saturated carbocycles. The molecule has 0 spiro atoms. The van der Waals surface area contributed by atoms with Crippen LogP contribution in [0.1, 0.15) is 28.9 Å². The van der Waals surface area contributed by atoms with Crippen LogP contribution in [0.3, 0.4) is 0 Å². The number of amides is 1. The molecule has 8 heteroatoms. The lowest BCUT2D eigenvalue weighted by Crippen LogP contribution is -2.29. The van der Waals surface area contributed by atoms with Crippen LogP contribution in [0.5, 0.6) is 5.75 Å². The lowest BCUT2D eigenvalue weighted by molar-refractivity contribution is -0.127. The van der Waals surface area contributed by atoms with Gasteiger partial charge in [-0.2, -0.15) is 0 Å². The normalized spacial score (nSPS) is 13.2. The third kappa shape index (κ3) is 5.49. The fourth-order valence-electron chi connectivity index (χ4n) is 3.44. The van der Waals surface area contributed by atoms with Gasteiger partial charge in [-0.1, -0.05) is 24.3 Å². The van der Waals surface area contributed by atoms with E-state index in [1.54, 1.807) is 19.2 Å². The molecule has 3 aromatic rings. The van der Waals surface area contributed by atoms with Gasteiger partial charge in [-0.3, -0.25) is 4.79 Å². The van der Waals surface area contributed by atoms with E-state index in [9.17, 15) is 9.59 Å². The summed E-state index contributed by atoms with van der Waals surface area (Å²) >= 11 is 2.87. The van der Waals surface area contributed by atoms with Crippen molar-refractivity contribution in [3.05, 3.63) is 65.2 Å². The highest BCUT2D eigenvalue weighted by Gasteiger charge is 2.20. The number of carbonyl (C=O) groups excluding carboxylic acids is 2. The molecule has 6 nitrogen and oxygen atoms in total. The van der Waals surface area contributed by atoms with Crippen LogP contribution >= 0.6 is 23.1 Å². The summed E-state index contributed by atoms with van der Waals surface area (Å²) in [5.41, 5.74) is 2.11. The molecule has 4 rings (SSSR count). The lowest BCUT2D eigenvalue weighted by atomic mass is 10.2. The van der Waals surface area contributed by atoms with Gasteiger partial charge in [0.1, 0.15) is 17.4 Å². The van der Waals surface area contributed by atoms with E-state index < -0.39 is 5.97 Å². The van der Waals surface area contributed by atoms with Crippen LogP contribution in [0, 0.1) is 0 Å². The molecule has 1 aliphatic rings. The highest BCUT2D eigenvalue weighted by Crippen LogP contribution is 2.28. The van der Waals surface area contributed by atoms with Crippen LogP contribution in [0.2, 0.25) is 0 Å². The van der Waals surface area contributed by atoms with E-state index in [2.05, 4.69) is 4.98 Å². The molecule has 32 heavy (non-hydrogen) atoms. The van der Waals surface area contributed by atoms with Gasteiger partial charge in [-0.05, 0) is 37.1 Å². The summed E-state index contributed by atoms with van der Waals surface area (Å²) in [5.74, 6) is 0.782. The average Bonchev–Trinajstić information content (AvgIpc) is 3.54. The zero-order chi connectivity index (χ0) is 22.3. The van der Waals surface area contributed by atoms with E-state index in [0.717, 1.165) is 47.1 Å². The van der Waals surface area contributed by atoms with Crippen molar-refractivity contribution in [1.82, 2.24) is 9.88 Å². The summed E-state index contributed by atoms with van der Waals surface area (Å²) in [6.45, 7) is 1.74. The predicted octanol–water partition coefficient (Wildman–Crippen LogP) is 4.89. The fraction of sp³-hybridized carbons (Fsp3) is 0.292. The van der Waals surface area contributed by atoms with Crippen molar-refractivity contribution in [2.24, 2.45) is 0 Å². The van der Waals surface area contributed by atoms with Crippen molar-refractivity contribution in [3.8, 4) is 16.3 Å². The van der Waals surface area contributed by atoms with Crippen LogP contribution < -0.4 is 4.74 Å². The Kier molecular flexibility index (Phi) is 7.44. The molecule has 0 N–H and O–H groups in total. The van der Waals surface area contributed by atoms with Crippen LogP contribution in [-0.4, -0.2) is 47.7 Å². The van der Waals surface area contributed by atoms with E-state index in [1.165, 1.54) is 23.1 Å². The second-order valence-corrected chi connectivity index (χ2v) is 9.20. The smallest absolute Gasteiger partial charge is 0.339 e. The molecule has 166 valence electrons. The molecule has 0 atom stereocenters. The molecule has 2 heterocycles. The maximum atomic E-state index is 12.7. The number of thiazole rings is 1. The minimum Gasteiger partial charge on any atom is -0.497 e. The largest absolute Gasteiger partial charge is 0.497 e. The highest BCUT2D eigenvalue weighted by molar-refractivity contribution is 8.00. The topological polar surface area (TPSA) is 68.7 Å². The number of thioether (sulfide) groups is 1. The summed E-state index contributed by atoms with van der Waals surface area (Å²) in [6.07, 6.45) is 2.13. The molecule has 1 fully saturated rings. The number of methoxy groups -OCH3 is 1. The summed E-state index contributed by atoms with van der Waals surface area (Å²) < 4.78 is 10.8. The average molecular weight is 469 g/mol. The van der Waals surface area contributed by atoms with E-state index >= 15 is 0 Å². The number of esters is 1. The van der Waals surface area contributed by atoms with Crippen LogP contribution in [0.15, 0.2) is 58.8 Å². The minimum absolute atomic E-state index is 0.0883. The highest BCUT2D eigenvalue weighted by atomic mass is 32.2. The van der Waals surface area contributed by atoms with Crippen LogP contribution in [0.25, 0.3) is 10.6 Å². The number of benzene rings is 2. The first kappa shape index (κ1) is 22.4. The van der Waals surface area contributed by atoms with E-state index in [4.69, 9.17) is 9.47 Å². The van der Waals surface area contributed by atoms with Crippen molar-refractivity contribution in [2.45, 2.75) is 24.3 Å². The monoisotopic (exact) mass is 468 g/mol. The van der Waals surface area contributed by atoms with E-state index in [1.807, 2.05) is 46.7 Å². The lowest BCUT2D eigenvalue weighted by Gasteiger charge is -2.15. The molecule has 0 unspecified atom stereocenters. The maximum absolute atomic E-state index is 12.7. The number of likely N-dealkylation sites (tertiary alicyclic amines) is 1. The molecule has 1 aliphatic heterocycles. The van der Waals surface area contributed by atoms with E-state index in [-0.39, 0.29) is 12.5 Å². The van der Waals surface area contributed by atoms with Gasteiger partial charge in [-0.15, -0.1) is 23.1 Å². The number of rotatable bonds is 8. The molecule has 0 bridgehead atoms. The predicted molar refractivity (Wildman–Crippen MR) is 126 cm³/mol. The zero-order valence-electron chi connectivity index (χ0n) is 17.8. The van der Waals surface area contributed by atoms with Crippen molar-refractivity contribution >= 4 is 35.0 Å². The second-order valence-electron chi connectivity index (χ2n) is 7.32. The van der Waals surface area contributed by atoms with Gasteiger partial charge in [0.2, 0.25) is 5.91 Å². The van der Waals surface area contributed by atoms with Crippen molar-refractivity contribution < 1.29 is 19.1 Å². The van der Waals surface area contributed by atoms with Crippen molar-refractivity contribution in [1.29, 1.82) is 0 Å². The third-order valence-electron chi connectivity index (χ3n) is 5.14. The Morgan fingerprint density at radius 2 is 1.94 bits per heavy atom. The fourth-order valence-corrected chi connectivity index (χ4v) is 5.18. The van der Waals surface area contributed by atoms with Gasteiger partial charge < -0.3 is 14.4 Å². The van der Waals surface area contributed by atoms with E-state index in [0.29, 0.717) is 17.0 Å². The first-order chi connectivity index (χ1) is 15.6. The van der Waals surface area contributed by atoms with Crippen LogP contribution in [0.4, 0.5) is 0 Å². The number of aromatic nitrogens is 1. The summed E-state index contributed by atoms with van der Waals surface area (Å²) in [7, 11) is 1.63. The van der Waals surface area contributed by atoms with Crippen LogP contribution in [-0.2, 0) is 16.1 Å². The molecule has 1 aromatic heterocycles. The van der Waals surface area contributed by atoms with Gasteiger partial charge in [0.25, 0.3) is 0 Å². The summed E-state index contributed by atoms with van der Waals surface area (Å²) in [4.78, 5) is 32.3. The number of carbonyl (C=O) groups is 2. The van der Waals surface area contributed by atoms with Crippen molar-refractivity contribution in [2.75, 3.05) is 26.0 Å². The molecular formula is C24H24N2O4S2. The third-order valence-corrected chi connectivity index (χ3v) is 7.13. The Labute approximate surface area is 195 Å². The molecule has 0 radical (unpaired) electrons. The van der Waals surface area contributed by atoms with Crippen molar-refractivity contribution in [3.63, 3.8) is 0 Å².